The van der Waals surface area contributed by atoms with Gasteiger partial charge in [-0.3, -0.25) is 14.5 Å². The Morgan fingerprint density at radius 2 is 1.86 bits per heavy atom. The van der Waals surface area contributed by atoms with E-state index in [4.69, 9.17) is 4.74 Å². The van der Waals surface area contributed by atoms with Crippen LogP contribution >= 0.6 is 0 Å². The fourth-order valence-corrected chi connectivity index (χ4v) is 4.61. The molecule has 1 aliphatic carbocycles. The number of hydrogen-bond donors (Lipinski definition) is 2. The van der Waals surface area contributed by atoms with Crippen molar-refractivity contribution in [3.05, 3.63) is 29.8 Å². The van der Waals surface area contributed by atoms with Gasteiger partial charge in [0, 0.05) is 11.6 Å². The number of sulfonamides is 1. The quantitative estimate of drug-likeness (QED) is 0.718. The summed E-state index contributed by atoms with van der Waals surface area (Å²) >= 11 is 0. The molecule has 0 unspecified atom stereocenters. The molecule has 1 aliphatic heterocycles. The van der Waals surface area contributed by atoms with Crippen molar-refractivity contribution < 1.29 is 22.7 Å². The SMILES string of the molecule is C[C@H](N=C1NS(=O)(=O)c2ccccc21)C(=O)O[C@H](C)C(=O)NC1CCCCC1. The van der Waals surface area contributed by atoms with Gasteiger partial charge in [0.15, 0.2) is 6.10 Å². The molecule has 0 saturated heterocycles. The van der Waals surface area contributed by atoms with E-state index in [9.17, 15) is 18.0 Å². The number of hydrogen-bond acceptors (Lipinski definition) is 6. The molecule has 0 aromatic heterocycles. The van der Waals surface area contributed by atoms with Crippen molar-refractivity contribution in [2.24, 2.45) is 4.99 Å². The van der Waals surface area contributed by atoms with Gasteiger partial charge in [-0.15, -0.1) is 0 Å². The zero-order valence-electron chi connectivity index (χ0n) is 16.0. The molecule has 9 heteroatoms. The summed E-state index contributed by atoms with van der Waals surface area (Å²) in [5.74, 6) is -0.922. The van der Waals surface area contributed by atoms with E-state index in [1.807, 2.05) is 0 Å². The van der Waals surface area contributed by atoms with Gasteiger partial charge in [0.05, 0.1) is 4.90 Å². The van der Waals surface area contributed by atoms with Crippen LogP contribution in [0.4, 0.5) is 0 Å². The van der Waals surface area contributed by atoms with Crippen molar-refractivity contribution in [1.29, 1.82) is 0 Å². The average Bonchev–Trinajstić information content (AvgIpc) is 2.93. The number of carbonyl (C=O) groups is 2. The molecule has 8 nitrogen and oxygen atoms in total. The number of fused-ring (bicyclic) bond motifs is 1. The number of amidine groups is 1. The number of carbonyl (C=O) groups excluding carboxylic acids is 2. The van der Waals surface area contributed by atoms with E-state index in [-0.39, 0.29) is 22.7 Å². The summed E-state index contributed by atoms with van der Waals surface area (Å²) < 4.78 is 31.8. The summed E-state index contributed by atoms with van der Waals surface area (Å²) in [6.45, 7) is 3.01. The molecule has 152 valence electrons. The van der Waals surface area contributed by atoms with Crippen molar-refractivity contribution in [2.45, 2.75) is 69.0 Å². The van der Waals surface area contributed by atoms with E-state index in [0.29, 0.717) is 5.56 Å². The zero-order chi connectivity index (χ0) is 20.3. The first-order valence-corrected chi connectivity index (χ1v) is 11.0. The summed E-state index contributed by atoms with van der Waals surface area (Å²) in [5.41, 5.74) is 0.408. The summed E-state index contributed by atoms with van der Waals surface area (Å²) in [7, 11) is -3.68. The molecule has 1 amide bonds. The molecule has 1 saturated carbocycles. The van der Waals surface area contributed by atoms with Crippen LogP contribution in [0.1, 0.15) is 51.5 Å². The minimum Gasteiger partial charge on any atom is -0.451 e. The Hall–Kier alpha value is -2.42. The standard InChI is InChI=1S/C19H25N3O5S/c1-12(20-17-15-10-6-7-11-16(15)28(25,26)22-17)19(24)27-13(2)18(23)21-14-8-4-3-5-9-14/h6-7,10-14H,3-5,8-9H2,1-2H3,(H,20,22)(H,21,23)/t12-,13+/m0/s1. The predicted molar refractivity (Wildman–Crippen MR) is 103 cm³/mol. The Labute approximate surface area is 164 Å². The molecule has 2 atom stereocenters. The average molecular weight is 407 g/mol. The third kappa shape index (κ3) is 4.52. The Morgan fingerprint density at radius 1 is 1.18 bits per heavy atom. The third-order valence-electron chi connectivity index (χ3n) is 4.94. The lowest BCUT2D eigenvalue weighted by molar-refractivity contribution is -0.155. The van der Waals surface area contributed by atoms with Crippen LogP contribution in [0.5, 0.6) is 0 Å². The normalized spacial score (nSPS) is 22.0. The molecule has 28 heavy (non-hydrogen) atoms. The number of ether oxygens (including phenoxy) is 1. The molecular weight excluding hydrogens is 382 g/mol. The Kier molecular flexibility index (Phi) is 6.02. The largest absolute Gasteiger partial charge is 0.451 e. The highest BCUT2D eigenvalue weighted by atomic mass is 32.2. The van der Waals surface area contributed by atoms with Gasteiger partial charge in [0.25, 0.3) is 15.9 Å². The summed E-state index contributed by atoms with van der Waals surface area (Å²) in [5, 5.41) is 2.92. The Balaban J connectivity index is 1.62. The van der Waals surface area contributed by atoms with Crippen molar-refractivity contribution in [3.8, 4) is 0 Å². The van der Waals surface area contributed by atoms with Gasteiger partial charge >= 0.3 is 5.97 Å². The Bertz CT molecular complexity index is 891. The first kappa shape index (κ1) is 20.3. The fourth-order valence-electron chi connectivity index (χ4n) is 3.37. The number of aliphatic imine (C=N–C) groups is 1. The molecule has 1 aromatic rings. The van der Waals surface area contributed by atoms with Crippen LogP contribution in [-0.4, -0.2) is 44.3 Å². The van der Waals surface area contributed by atoms with Crippen LogP contribution in [0.3, 0.4) is 0 Å². The highest BCUT2D eigenvalue weighted by Gasteiger charge is 2.32. The van der Waals surface area contributed by atoms with Gasteiger partial charge in [-0.1, -0.05) is 31.4 Å². The minimum absolute atomic E-state index is 0.0966. The molecule has 1 aromatic carbocycles. The summed E-state index contributed by atoms with van der Waals surface area (Å²) in [4.78, 5) is 28.9. The Morgan fingerprint density at radius 3 is 2.57 bits per heavy atom. The molecular formula is C19H25N3O5S. The highest BCUT2D eigenvalue weighted by molar-refractivity contribution is 7.90. The van der Waals surface area contributed by atoms with Gasteiger partial charge in [-0.05, 0) is 38.8 Å². The summed E-state index contributed by atoms with van der Waals surface area (Å²) in [6.07, 6.45) is 4.30. The molecule has 1 fully saturated rings. The van der Waals surface area contributed by atoms with Crippen LogP contribution in [0.15, 0.2) is 34.2 Å². The first-order chi connectivity index (χ1) is 13.3. The second-order valence-electron chi connectivity index (χ2n) is 7.18. The number of amides is 1. The maximum absolute atomic E-state index is 12.3. The second-order valence-corrected chi connectivity index (χ2v) is 8.83. The van der Waals surface area contributed by atoms with Crippen LogP contribution in [-0.2, 0) is 24.3 Å². The van der Waals surface area contributed by atoms with Crippen LogP contribution in [0.2, 0.25) is 0 Å². The lowest BCUT2D eigenvalue weighted by Crippen LogP contribution is -2.43. The van der Waals surface area contributed by atoms with E-state index >= 15 is 0 Å². The lowest BCUT2D eigenvalue weighted by atomic mass is 9.95. The highest BCUT2D eigenvalue weighted by Crippen LogP contribution is 2.22. The van der Waals surface area contributed by atoms with Gasteiger partial charge < -0.3 is 10.1 Å². The number of nitrogens with zero attached hydrogens (tertiary/aromatic N) is 1. The van der Waals surface area contributed by atoms with Gasteiger partial charge in [-0.2, -0.15) is 0 Å². The van der Waals surface area contributed by atoms with Gasteiger partial charge in [0.2, 0.25) is 0 Å². The smallest absolute Gasteiger partial charge is 0.331 e. The maximum Gasteiger partial charge on any atom is 0.331 e. The topological polar surface area (TPSA) is 114 Å². The van der Waals surface area contributed by atoms with E-state index in [1.54, 1.807) is 18.2 Å². The maximum atomic E-state index is 12.3. The molecule has 2 aliphatic rings. The van der Waals surface area contributed by atoms with Crippen LogP contribution < -0.4 is 10.0 Å². The van der Waals surface area contributed by atoms with Crippen LogP contribution in [0.25, 0.3) is 0 Å². The van der Waals surface area contributed by atoms with Crippen molar-refractivity contribution >= 4 is 27.7 Å². The lowest BCUT2D eigenvalue weighted by Gasteiger charge is -2.24. The van der Waals surface area contributed by atoms with Crippen molar-refractivity contribution in [3.63, 3.8) is 0 Å². The molecule has 0 spiro atoms. The second kappa shape index (κ2) is 8.30. The van der Waals surface area contributed by atoms with Gasteiger partial charge in [-0.25, -0.2) is 13.2 Å². The number of benzene rings is 1. The summed E-state index contributed by atoms with van der Waals surface area (Å²) in [6, 6.07) is 5.56. The molecule has 0 bridgehead atoms. The van der Waals surface area contributed by atoms with E-state index in [2.05, 4.69) is 15.0 Å². The monoisotopic (exact) mass is 407 g/mol. The van der Waals surface area contributed by atoms with E-state index < -0.39 is 28.1 Å². The third-order valence-corrected chi connectivity index (χ3v) is 6.34. The van der Waals surface area contributed by atoms with Gasteiger partial charge in [0.1, 0.15) is 11.9 Å². The number of rotatable bonds is 5. The zero-order valence-corrected chi connectivity index (χ0v) is 16.8. The minimum atomic E-state index is -3.68. The van der Waals surface area contributed by atoms with Crippen LogP contribution in [0, 0.1) is 0 Å². The molecule has 0 radical (unpaired) electrons. The molecule has 2 N–H and O–H groups in total. The molecule has 1 heterocycles. The first-order valence-electron chi connectivity index (χ1n) is 9.49. The predicted octanol–water partition coefficient (Wildman–Crippen LogP) is 1.49. The number of nitrogens with one attached hydrogen (secondary N) is 2. The van der Waals surface area contributed by atoms with E-state index in [0.717, 1.165) is 25.7 Å². The van der Waals surface area contributed by atoms with Crippen molar-refractivity contribution in [1.82, 2.24) is 10.0 Å². The van der Waals surface area contributed by atoms with E-state index in [1.165, 1.54) is 26.3 Å². The van der Waals surface area contributed by atoms with Crippen molar-refractivity contribution in [2.75, 3.05) is 0 Å². The molecule has 3 rings (SSSR count). The number of esters is 1. The fraction of sp³-hybridized carbons (Fsp3) is 0.526.